The number of piperidine rings is 1. The van der Waals surface area contributed by atoms with E-state index in [1.54, 1.807) is 4.90 Å². The summed E-state index contributed by atoms with van der Waals surface area (Å²) in [5.74, 6) is 1.27. The second-order valence-electron chi connectivity index (χ2n) is 8.81. The summed E-state index contributed by atoms with van der Waals surface area (Å²) >= 11 is 0. The molecule has 3 heterocycles. The zero-order chi connectivity index (χ0) is 21.3. The minimum atomic E-state index is -0.0380. The Kier molecular flexibility index (Phi) is 5.18. The number of hydrogen-bond acceptors (Lipinski definition) is 4. The summed E-state index contributed by atoms with van der Waals surface area (Å²) in [7, 11) is 0. The van der Waals surface area contributed by atoms with Crippen LogP contribution in [-0.4, -0.2) is 54.5 Å². The van der Waals surface area contributed by atoms with Crippen molar-refractivity contribution in [1.29, 1.82) is 0 Å². The fourth-order valence-corrected chi connectivity index (χ4v) is 4.87. The molecule has 1 unspecified atom stereocenters. The Hall–Kier alpha value is -3.22. The molecule has 162 valence electrons. The highest BCUT2D eigenvalue weighted by Gasteiger charge is 2.54. The van der Waals surface area contributed by atoms with Gasteiger partial charge in [0, 0.05) is 38.2 Å². The monoisotopic (exact) mass is 420 g/mol. The summed E-state index contributed by atoms with van der Waals surface area (Å²) in [5, 5.41) is 6.18. The molecule has 1 spiro atoms. The number of carbonyl (C=O) groups is 2. The second-order valence-corrected chi connectivity index (χ2v) is 8.81. The van der Waals surface area contributed by atoms with Crippen LogP contribution in [0.3, 0.4) is 0 Å². The van der Waals surface area contributed by atoms with Crippen LogP contribution >= 0.6 is 0 Å². The number of amides is 3. The average Bonchev–Trinajstić information content (AvgIpc) is 3.28. The van der Waals surface area contributed by atoms with E-state index in [2.05, 4.69) is 10.6 Å². The molecule has 31 heavy (non-hydrogen) atoms. The van der Waals surface area contributed by atoms with Crippen molar-refractivity contribution in [2.45, 2.75) is 19.3 Å². The molecule has 1 saturated carbocycles. The summed E-state index contributed by atoms with van der Waals surface area (Å²) < 4.78 is 5.60. The topological polar surface area (TPSA) is 73.9 Å². The van der Waals surface area contributed by atoms with Crippen molar-refractivity contribution in [3.8, 4) is 5.75 Å². The molecule has 0 aromatic heterocycles. The van der Waals surface area contributed by atoms with Gasteiger partial charge in [0.25, 0.3) is 5.91 Å². The first kappa shape index (κ1) is 19.7. The Morgan fingerprint density at radius 2 is 2.00 bits per heavy atom. The van der Waals surface area contributed by atoms with Crippen LogP contribution in [0.15, 0.2) is 66.2 Å². The standard InChI is InChI=1S/C24H28N4O3/c29-22(17-31-21-4-2-1-3-5-21)27-10-7-24(8-11-27)12-20(24)14-26-23(30)28-15-18-6-9-25-13-19(18)16-28/h1-6,9,13,15,20,25H,7-8,10-12,14,16-17H2,(H,26,30). The normalized spacial score (nSPS) is 22.9. The first-order chi connectivity index (χ1) is 15.1. The van der Waals surface area contributed by atoms with Gasteiger partial charge in [-0.3, -0.25) is 9.69 Å². The van der Waals surface area contributed by atoms with Gasteiger partial charge in [0.05, 0.1) is 6.54 Å². The number of hydrogen-bond donors (Lipinski definition) is 2. The predicted octanol–water partition coefficient (Wildman–Crippen LogP) is 2.60. The number of para-hydroxylation sites is 1. The lowest BCUT2D eigenvalue weighted by Gasteiger charge is -2.33. The molecular weight excluding hydrogens is 392 g/mol. The van der Waals surface area contributed by atoms with Crippen LogP contribution in [-0.2, 0) is 4.79 Å². The molecule has 0 bridgehead atoms. The molecule has 5 rings (SSSR count). The number of likely N-dealkylation sites (tertiary alicyclic amines) is 1. The van der Waals surface area contributed by atoms with Crippen LogP contribution in [0.5, 0.6) is 5.75 Å². The molecule has 4 aliphatic rings. The van der Waals surface area contributed by atoms with Gasteiger partial charge in [-0.25, -0.2) is 4.79 Å². The van der Waals surface area contributed by atoms with Gasteiger partial charge in [-0.2, -0.15) is 0 Å². The van der Waals surface area contributed by atoms with Crippen LogP contribution in [0.1, 0.15) is 19.3 Å². The smallest absolute Gasteiger partial charge is 0.321 e. The largest absolute Gasteiger partial charge is 0.484 e. The molecule has 1 atom stereocenters. The van der Waals surface area contributed by atoms with Crippen molar-refractivity contribution in [2.24, 2.45) is 11.3 Å². The molecule has 1 aromatic carbocycles. The fraction of sp³-hybridized carbons (Fsp3) is 0.417. The van der Waals surface area contributed by atoms with E-state index in [1.807, 2.05) is 59.9 Å². The van der Waals surface area contributed by atoms with Crippen molar-refractivity contribution in [2.75, 3.05) is 32.8 Å². The maximum absolute atomic E-state index is 12.6. The van der Waals surface area contributed by atoms with Gasteiger partial charge in [0.1, 0.15) is 5.75 Å². The van der Waals surface area contributed by atoms with E-state index in [0.717, 1.165) is 49.2 Å². The van der Waals surface area contributed by atoms with Crippen LogP contribution in [0.4, 0.5) is 4.79 Å². The van der Waals surface area contributed by atoms with Gasteiger partial charge in [0.15, 0.2) is 6.61 Å². The van der Waals surface area contributed by atoms with Gasteiger partial charge >= 0.3 is 6.03 Å². The Bertz CT molecular complexity index is 945. The van der Waals surface area contributed by atoms with Gasteiger partial charge in [-0.05, 0) is 60.0 Å². The lowest BCUT2D eigenvalue weighted by atomic mass is 9.91. The number of nitrogens with one attached hydrogen (secondary N) is 2. The van der Waals surface area contributed by atoms with Crippen molar-refractivity contribution in [1.82, 2.24) is 20.4 Å². The molecule has 1 aromatic rings. The van der Waals surface area contributed by atoms with Crippen LogP contribution in [0, 0.1) is 11.3 Å². The molecule has 7 heteroatoms. The summed E-state index contributed by atoms with van der Waals surface area (Å²) in [6.45, 7) is 2.94. The zero-order valence-corrected chi connectivity index (χ0v) is 17.5. The number of urea groups is 1. The number of nitrogens with zero attached hydrogens (tertiary/aromatic N) is 2. The highest BCUT2D eigenvalue weighted by molar-refractivity contribution is 5.78. The third-order valence-electron chi connectivity index (χ3n) is 6.96. The van der Waals surface area contributed by atoms with E-state index in [9.17, 15) is 9.59 Å². The predicted molar refractivity (Wildman–Crippen MR) is 117 cm³/mol. The van der Waals surface area contributed by atoms with Crippen molar-refractivity contribution >= 4 is 11.9 Å². The summed E-state index contributed by atoms with van der Waals surface area (Å²) in [6.07, 6.45) is 10.8. The molecule has 7 nitrogen and oxygen atoms in total. The van der Waals surface area contributed by atoms with Crippen molar-refractivity contribution in [3.63, 3.8) is 0 Å². The third kappa shape index (κ3) is 4.17. The van der Waals surface area contributed by atoms with Crippen molar-refractivity contribution < 1.29 is 14.3 Å². The summed E-state index contributed by atoms with van der Waals surface area (Å²) in [6, 6.07) is 9.40. The maximum atomic E-state index is 12.6. The van der Waals surface area contributed by atoms with Gasteiger partial charge < -0.3 is 20.3 Å². The number of allylic oxidation sites excluding steroid dienone is 1. The molecule has 2 fully saturated rings. The maximum Gasteiger partial charge on any atom is 0.321 e. The minimum absolute atomic E-state index is 0.0380. The fourth-order valence-electron chi connectivity index (χ4n) is 4.87. The van der Waals surface area contributed by atoms with E-state index < -0.39 is 0 Å². The number of fused-ring (bicyclic) bond motifs is 1. The third-order valence-corrected chi connectivity index (χ3v) is 6.96. The van der Waals surface area contributed by atoms with E-state index >= 15 is 0 Å². The average molecular weight is 421 g/mol. The Balaban J connectivity index is 1.04. The minimum Gasteiger partial charge on any atom is -0.484 e. The highest BCUT2D eigenvalue weighted by Crippen LogP contribution is 2.59. The Morgan fingerprint density at radius 1 is 1.19 bits per heavy atom. The number of ether oxygens (including phenoxy) is 1. The van der Waals surface area contributed by atoms with Gasteiger partial charge in [-0.15, -0.1) is 0 Å². The summed E-state index contributed by atoms with van der Waals surface area (Å²) in [5.41, 5.74) is 2.51. The lowest BCUT2D eigenvalue weighted by Crippen LogP contribution is -2.42. The van der Waals surface area contributed by atoms with Crippen LogP contribution < -0.4 is 15.4 Å². The molecule has 3 aliphatic heterocycles. The first-order valence-corrected chi connectivity index (χ1v) is 11.0. The Morgan fingerprint density at radius 3 is 2.77 bits per heavy atom. The molecule has 1 aliphatic carbocycles. The van der Waals surface area contributed by atoms with Crippen LogP contribution in [0.25, 0.3) is 0 Å². The number of dihydropyridines is 1. The molecule has 1 saturated heterocycles. The molecule has 3 amide bonds. The van der Waals surface area contributed by atoms with Gasteiger partial charge in [-0.1, -0.05) is 18.2 Å². The lowest BCUT2D eigenvalue weighted by molar-refractivity contribution is -0.135. The van der Waals surface area contributed by atoms with E-state index in [0.29, 0.717) is 19.0 Å². The zero-order valence-electron chi connectivity index (χ0n) is 17.5. The SMILES string of the molecule is O=C(NCC1CC12CCN(C(=O)COc1ccccc1)CC2)N1C=C2C=CNC=C2C1. The first-order valence-electron chi connectivity index (χ1n) is 11.0. The molecule has 0 radical (unpaired) electrons. The molecular formula is C24H28N4O3. The molecule has 2 N–H and O–H groups in total. The van der Waals surface area contributed by atoms with E-state index in [-0.39, 0.29) is 24.0 Å². The highest BCUT2D eigenvalue weighted by atomic mass is 16.5. The van der Waals surface area contributed by atoms with E-state index in [1.165, 1.54) is 0 Å². The Labute approximate surface area is 182 Å². The summed E-state index contributed by atoms with van der Waals surface area (Å²) in [4.78, 5) is 28.7. The number of carbonyl (C=O) groups excluding carboxylic acids is 2. The van der Waals surface area contributed by atoms with Crippen molar-refractivity contribution in [3.05, 3.63) is 66.2 Å². The quantitative estimate of drug-likeness (QED) is 0.768. The second kappa shape index (κ2) is 8.13. The number of benzene rings is 1. The number of rotatable bonds is 5. The van der Waals surface area contributed by atoms with Gasteiger partial charge in [0.2, 0.25) is 0 Å². The van der Waals surface area contributed by atoms with Crippen LogP contribution in [0.2, 0.25) is 0 Å². The van der Waals surface area contributed by atoms with E-state index in [4.69, 9.17) is 4.74 Å².